The summed E-state index contributed by atoms with van der Waals surface area (Å²) in [5.74, 6) is 0.820. The SMILES string of the molecule is COCCCO[C@H]1[C@H](OCCCOC)[C@H](C2C=CC(c3cnc([C@@H]4CCCN4C(=O)[C@@H](NC(=O)OC)C(C)C)[nH]3)=CC2)N(c2ccc(C(C)(C)C)cc2)[C@H]1c1ccc(-c2cnc([C@@H]3CCCN3C(=O)[C@@H](NC(=O)OC)C(C)C)[nH]2)cc1. The number of carbonyl (C=O) groups is 4. The third-order valence-electron chi connectivity index (χ3n) is 16.4. The molecule has 2 aromatic heterocycles. The zero-order valence-electron chi connectivity index (χ0n) is 49.4. The Kier molecular flexibility index (Phi) is 20.5. The normalized spacial score (nSPS) is 22.8. The predicted molar refractivity (Wildman–Crippen MR) is 310 cm³/mol. The van der Waals surface area contributed by atoms with Crippen LogP contribution in [-0.4, -0.2) is 152 Å². The Balaban J connectivity index is 1.11. The minimum atomic E-state index is -0.730. The van der Waals surface area contributed by atoms with E-state index in [0.29, 0.717) is 70.4 Å². The first-order chi connectivity index (χ1) is 39.0. The number of ether oxygens (including phenoxy) is 6. The quantitative estimate of drug-likeness (QED) is 0.0510. The van der Waals surface area contributed by atoms with Crippen molar-refractivity contribution >= 4 is 35.3 Å². The lowest BCUT2D eigenvalue weighted by Gasteiger charge is -2.38. The van der Waals surface area contributed by atoms with Gasteiger partial charge < -0.3 is 63.7 Å². The van der Waals surface area contributed by atoms with E-state index in [-0.39, 0.29) is 71.4 Å². The minimum absolute atomic E-state index is 0.00376. The van der Waals surface area contributed by atoms with Crippen LogP contribution in [0.3, 0.4) is 0 Å². The summed E-state index contributed by atoms with van der Waals surface area (Å²) < 4.78 is 35.0. The number of likely N-dealkylation sites (tertiary alicyclic amines) is 2. The summed E-state index contributed by atoms with van der Waals surface area (Å²) in [7, 11) is 6.02. The van der Waals surface area contributed by atoms with Gasteiger partial charge in [-0.05, 0) is 96.6 Å². The van der Waals surface area contributed by atoms with Gasteiger partial charge in [0.15, 0.2) is 0 Å². The molecule has 3 aliphatic heterocycles. The summed E-state index contributed by atoms with van der Waals surface area (Å²) in [4.78, 5) is 75.5. The molecule has 81 heavy (non-hydrogen) atoms. The Morgan fingerprint density at radius 1 is 0.679 bits per heavy atom. The molecule has 2 aromatic carbocycles. The van der Waals surface area contributed by atoms with Crippen molar-refractivity contribution in [2.24, 2.45) is 17.8 Å². The summed E-state index contributed by atoms with van der Waals surface area (Å²) >= 11 is 0. The average molecular weight is 1120 g/mol. The number of allylic oxidation sites excluding steroid dienone is 3. The van der Waals surface area contributed by atoms with E-state index in [1.165, 1.54) is 19.8 Å². The van der Waals surface area contributed by atoms with Gasteiger partial charge >= 0.3 is 12.2 Å². The molecule has 19 heteroatoms. The van der Waals surface area contributed by atoms with Crippen LogP contribution in [0.25, 0.3) is 16.8 Å². The number of hydrogen-bond acceptors (Lipinski definition) is 13. The molecule has 0 saturated carbocycles. The molecule has 5 heterocycles. The number of H-pyrrole nitrogens is 2. The fraction of sp³-hybridized carbons (Fsp3) is 0.581. The number of aromatic amines is 2. The van der Waals surface area contributed by atoms with Crippen LogP contribution in [0.5, 0.6) is 0 Å². The number of hydrogen-bond donors (Lipinski definition) is 4. The Bertz CT molecular complexity index is 2780. The number of carbonyl (C=O) groups excluding carboxylic acids is 4. The molecule has 3 saturated heterocycles. The van der Waals surface area contributed by atoms with Crippen LogP contribution in [0.1, 0.15) is 140 Å². The number of nitrogens with zero attached hydrogens (tertiary/aromatic N) is 5. The monoisotopic (exact) mass is 1120 g/mol. The maximum absolute atomic E-state index is 14.0. The van der Waals surface area contributed by atoms with Crippen molar-refractivity contribution < 1.29 is 47.6 Å². The molecular weight excluding hydrogens is 1030 g/mol. The van der Waals surface area contributed by atoms with Crippen LogP contribution >= 0.6 is 0 Å². The number of alkyl carbamates (subject to hydrolysis) is 2. The van der Waals surface area contributed by atoms with Crippen LogP contribution in [0, 0.1) is 17.8 Å². The molecule has 0 spiro atoms. The molecule has 440 valence electrons. The van der Waals surface area contributed by atoms with E-state index in [1.807, 2.05) is 49.9 Å². The molecule has 0 radical (unpaired) electrons. The first-order valence-electron chi connectivity index (χ1n) is 29.0. The first-order valence-corrected chi connectivity index (χ1v) is 29.0. The fourth-order valence-electron chi connectivity index (χ4n) is 12.0. The van der Waals surface area contributed by atoms with Gasteiger partial charge in [-0.15, -0.1) is 0 Å². The predicted octanol–water partition coefficient (Wildman–Crippen LogP) is 9.62. The highest BCUT2D eigenvalue weighted by Gasteiger charge is 2.53. The second-order valence-corrected chi connectivity index (χ2v) is 23.5. The maximum atomic E-state index is 14.0. The zero-order chi connectivity index (χ0) is 58.0. The zero-order valence-corrected chi connectivity index (χ0v) is 49.4. The van der Waals surface area contributed by atoms with Crippen molar-refractivity contribution in [1.82, 2.24) is 40.4 Å². The van der Waals surface area contributed by atoms with E-state index in [0.717, 1.165) is 59.5 Å². The van der Waals surface area contributed by atoms with E-state index < -0.39 is 24.3 Å². The standard InChI is InChI=1S/C62H87N9O10/c1-38(2)50(67-60(74)78-10)58(72)69-30-12-16-48(69)56-63-36-46(65-56)40-18-22-42(23-19-40)52-54(80-34-14-32-76-8)55(81-35-15-33-77-9)53(71(52)45-28-26-44(27-29-45)62(5,6)7)43-24-20-41(21-25-43)47-37-64-57(66-47)49-17-13-31-70(49)59(73)51(39(3)4)68-61(75)79-11/h18-24,26-29,36-39,43,48-55H,12-17,25,30-35H2,1-11H3,(H,63,65)(H,64,66)(H,67,74)(H,68,75)/t43?,48-,49-,50-,51-,52-,53-,54+,55+/m0/s1. The van der Waals surface area contributed by atoms with Crippen molar-refractivity contribution in [1.29, 1.82) is 0 Å². The molecular formula is C62H87N9O10. The second-order valence-electron chi connectivity index (χ2n) is 23.5. The molecule has 9 atom stereocenters. The Labute approximate surface area is 478 Å². The molecule has 8 rings (SSSR count). The number of imidazole rings is 2. The third-order valence-corrected chi connectivity index (χ3v) is 16.4. The lowest BCUT2D eigenvalue weighted by molar-refractivity contribution is -0.136. The fourth-order valence-corrected chi connectivity index (χ4v) is 12.0. The van der Waals surface area contributed by atoms with E-state index in [2.05, 4.69) is 113 Å². The molecule has 3 fully saturated rings. The van der Waals surface area contributed by atoms with Gasteiger partial charge in [0, 0.05) is 65.3 Å². The van der Waals surface area contributed by atoms with Gasteiger partial charge in [-0.25, -0.2) is 19.6 Å². The smallest absolute Gasteiger partial charge is 0.407 e. The topological polar surface area (TPSA) is 215 Å². The highest BCUT2D eigenvalue weighted by molar-refractivity contribution is 5.87. The summed E-state index contributed by atoms with van der Waals surface area (Å²) in [6.45, 7) is 17.5. The number of amides is 4. The van der Waals surface area contributed by atoms with Crippen LogP contribution in [-0.2, 0) is 43.4 Å². The van der Waals surface area contributed by atoms with Gasteiger partial charge in [0.2, 0.25) is 11.8 Å². The first kappa shape index (κ1) is 60.6. The molecule has 4 N–H and O–H groups in total. The Morgan fingerprint density at radius 3 is 1.68 bits per heavy atom. The lowest BCUT2D eigenvalue weighted by atomic mass is 9.85. The summed E-state index contributed by atoms with van der Waals surface area (Å²) in [6, 6.07) is 15.2. The van der Waals surface area contributed by atoms with E-state index in [4.69, 9.17) is 38.4 Å². The van der Waals surface area contributed by atoms with Crippen LogP contribution < -0.4 is 15.5 Å². The highest BCUT2D eigenvalue weighted by Crippen LogP contribution is 2.48. The van der Waals surface area contributed by atoms with Crippen LogP contribution in [0.15, 0.2) is 79.2 Å². The van der Waals surface area contributed by atoms with Crippen molar-refractivity contribution in [3.05, 3.63) is 108 Å². The van der Waals surface area contributed by atoms with Crippen molar-refractivity contribution in [2.45, 2.75) is 147 Å². The molecule has 0 bridgehead atoms. The Hall–Kier alpha value is -6.54. The van der Waals surface area contributed by atoms with Gasteiger partial charge in [0.1, 0.15) is 35.9 Å². The minimum Gasteiger partial charge on any atom is -0.453 e. The summed E-state index contributed by atoms with van der Waals surface area (Å²) in [6.07, 6.45) is 13.7. The van der Waals surface area contributed by atoms with Gasteiger partial charge in [-0.1, -0.05) is 103 Å². The maximum Gasteiger partial charge on any atom is 0.407 e. The van der Waals surface area contributed by atoms with Crippen molar-refractivity contribution in [3.8, 4) is 11.3 Å². The van der Waals surface area contributed by atoms with Gasteiger partial charge in [-0.2, -0.15) is 0 Å². The van der Waals surface area contributed by atoms with E-state index in [1.54, 1.807) is 14.2 Å². The van der Waals surface area contributed by atoms with Gasteiger partial charge in [0.25, 0.3) is 0 Å². The molecule has 19 nitrogen and oxygen atoms in total. The third kappa shape index (κ3) is 14.0. The number of nitrogens with one attached hydrogen (secondary N) is 4. The average Bonchev–Trinajstić information content (AvgIpc) is 4.34. The Morgan fingerprint density at radius 2 is 1.20 bits per heavy atom. The molecule has 4 amide bonds. The molecule has 1 unspecified atom stereocenters. The van der Waals surface area contributed by atoms with E-state index >= 15 is 0 Å². The van der Waals surface area contributed by atoms with E-state index in [9.17, 15) is 19.2 Å². The molecule has 4 aromatic rings. The summed E-state index contributed by atoms with van der Waals surface area (Å²) in [5.41, 5.74) is 6.94. The highest BCUT2D eigenvalue weighted by atomic mass is 16.6. The van der Waals surface area contributed by atoms with Crippen molar-refractivity contribution in [2.75, 3.05) is 72.9 Å². The van der Waals surface area contributed by atoms with Crippen molar-refractivity contribution in [3.63, 3.8) is 0 Å². The second kappa shape index (κ2) is 27.5. The van der Waals surface area contributed by atoms with Gasteiger partial charge in [-0.3, -0.25) is 9.59 Å². The van der Waals surface area contributed by atoms with Crippen LogP contribution in [0.4, 0.5) is 15.3 Å². The van der Waals surface area contributed by atoms with Gasteiger partial charge in [0.05, 0.1) is 62.2 Å². The van der Waals surface area contributed by atoms with Crippen LogP contribution in [0.2, 0.25) is 0 Å². The largest absolute Gasteiger partial charge is 0.453 e. The number of benzene rings is 2. The number of anilines is 1. The number of aromatic nitrogens is 4. The lowest BCUT2D eigenvalue weighted by Crippen LogP contribution is -2.51. The number of rotatable bonds is 23. The summed E-state index contributed by atoms with van der Waals surface area (Å²) in [5, 5.41) is 5.49. The number of methoxy groups -OCH3 is 4. The molecule has 1 aliphatic carbocycles. The molecule has 4 aliphatic rings.